The Labute approximate surface area is 126 Å². The number of benzene rings is 2. The molecule has 3 nitrogen and oxygen atoms in total. The van der Waals surface area contributed by atoms with E-state index in [2.05, 4.69) is 43.4 Å². The van der Waals surface area contributed by atoms with Crippen LogP contribution in [0.5, 0.6) is 0 Å². The zero-order valence-corrected chi connectivity index (χ0v) is 12.7. The highest BCUT2D eigenvalue weighted by Gasteiger charge is 2.10. The van der Waals surface area contributed by atoms with Gasteiger partial charge in [-0.3, -0.25) is 0 Å². The first-order valence-electron chi connectivity index (χ1n) is 7.15. The molecular formula is C18H21NO2. The number of ether oxygens (including phenoxy) is 1. The second kappa shape index (κ2) is 6.93. The third kappa shape index (κ3) is 3.85. The van der Waals surface area contributed by atoms with Crippen molar-refractivity contribution in [3.05, 3.63) is 65.2 Å². The Morgan fingerprint density at radius 2 is 1.71 bits per heavy atom. The summed E-state index contributed by atoms with van der Waals surface area (Å²) in [6.07, 6.45) is 0.988. The lowest BCUT2D eigenvalue weighted by Crippen LogP contribution is -2.10. The van der Waals surface area contributed by atoms with Crippen LogP contribution >= 0.6 is 0 Å². The van der Waals surface area contributed by atoms with Gasteiger partial charge in [0.1, 0.15) is 0 Å². The molecule has 0 radical (unpaired) electrons. The van der Waals surface area contributed by atoms with Crippen molar-refractivity contribution < 1.29 is 9.53 Å². The normalized spacial score (nSPS) is 11.8. The molecule has 0 saturated carbocycles. The lowest BCUT2D eigenvalue weighted by atomic mass is 10.0. The molecule has 0 aliphatic heterocycles. The first-order chi connectivity index (χ1) is 10.1. The molecule has 2 aromatic rings. The number of esters is 1. The minimum Gasteiger partial charge on any atom is -0.465 e. The predicted molar refractivity (Wildman–Crippen MR) is 85.6 cm³/mol. The minimum atomic E-state index is -0.313. The van der Waals surface area contributed by atoms with Gasteiger partial charge in [0.15, 0.2) is 0 Å². The van der Waals surface area contributed by atoms with Gasteiger partial charge in [0, 0.05) is 5.69 Å². The Kier molecular flexibility index (Phi) is 4.99. The third-order valence-corrected chi connectivity index (χ3v) is 3.53. The SMILES string of the molecule is CCC(Nc1ccc(C(=O)OC)cc1)c1ccc(C)cc1. The van der Waals surface area contributed by atoms with Crippen LogP contribution in [0.1, 0.15) is 40.9 Å². The lowest BCUT2D eigenvalue weighted by Gasteiger charge is -2.19. The van der Waals surface area contributed by atoms with Crippen LogP contribution in [0.25, 0.3) is 0 Å². The van der Waals surface area contributed by atoms with E-state index >= 15 is 0 Å². The van der Waals surface area contributed by atoms with Crippen LogP contribution in [0.2, 0.25) is 0 Å². The van der Waals surface area contributed by atoms with Crippen molar-refractivity contribution in [2.75, 3.05) is 12.4 Å². The van der Waals surface area contributed by atoms with Crippen molar-refractivity contribution in [1.82, 2.24) is 0 Å². The van der Waals surface area contributed by atoms with Gasteiger partial charge in [-0.1, -0.05) is 36.8 Å². The fourth-order valence-corrected chi connectivity index (χ4v) is 2.24. The molecule has 2 rings (SSSR count). The van der Waals surface area contributed by atoms with Crippen molar-refractivity contribution in [2.45, 2.75) is 26.3 Å². The van der Waals surface area contributed by atoms with Gasteiger partial charge in [-0.05, 0) is 43.2 Å². The standard InChI is InChI=1S/C18H21NO2/c1-4-17(14-7-5-13(2)6-8-14)19-16-11-9-15(10-12-16)18(20)21-3/h5-12,17,19H,4H2,1-3H3. The number of nitrogens with one attached hydrogen (secondary N) is 1. The van der Waals surface area contributed by atoms with E-state index in [1.165, 1.54) is 18.2 Å². The van der Waals surface area contributed by atoms with Gasteiger partial charge in [-0.15, -0.1) is 0 Å². The van der Waals surface area contributed by atoms with Crippen molar-refractivity contribution in [3.8, 4) is 0 Å². The van der Waals surface area contributed by atoms with Crippen LogP contribution < -0.4 is 5.32 Å². The summed E-state index contributed by atoms with van der Waals surface area (Å²) < 4.78 is 4.70. The zero-order chi connectivity index (χ0) is 15.2. The third-order valence-electron chi connectivity index (χ3n) is 3.53. The van der Waals surface area contributed by atoms with Gasteiger partial charge < -0.3 is 10.1 Å². The Morgan fingerprint density at radius 3 is 2.24 bits per heavy atom. The number of anilines is 1. The largest absolute Gasteiger partial charge is 0.465 e. The summed E-state index contributed by atoms with van der Waals surface area (Å²) in [5, 5.41) is 3.50. The van der Waals surface area contributed by atoms with E-state index in [9.17, 15) is 4.79 Å². The van der Waals surface area contributed by atoms with Crippen LogP contribution in [0.3, 0.4) is 0 Å². The highest BCUT2D eigenvalue weighted by Crippen LogP contribution is 2.23. The van der Waals surface area contributed by atoms with Gasteiger partial charge in [0.05, 0.1) is 18.7 Å². The Morgan fingerprint density at radius 1 is 1.10 bits per heavy atom. The minimum absolute atomic E-state index is 0.259. The van der Waals surface area contributed by atoms with Crippen LogP contribution in [0.15, 0.2) is 48.5 Å². The summed E-state index contributed by atoms with van der Waals surface area (Å²) in [5.74, 6) is -0.313. The van der Waals surface area contributed by atoms with Crippen LogP contribution in [0.4, 0.5) is 5.69 Å². The van der Waals surface area contributed by atoms with Gasteiger partial charge >= 0.3 is 5.97 Å². The quantitative estimate of drug-likeness (QED) is 0.829. The maximum Gasteiger partial charge on any atom is 0.337 e. The molecule has 110 valence electrons. The molecule has 1 unspecified atom stereocenters. The Balaban J connectivity index is 2.11. The summed E-state index contributed by atoms with van der Waals surface area (Å²) in [5.41, 5.74) is 4.08. The van der Waals surface area contributed by atoms with E-state index in [1.54, 1.807) is 12.1 Å². The zero-order valence-electron chi connectivity index (χ0n) is 12.7. The van der Waals surface area contributed by atoms with Crippen molar-refractivity contribution in [3.63, 3.8) is 0 Å². The number of rotatable bonds is 5. The average Bonchev–Trinajstić information content (AvgIpc) is 2.53. The second-order valence-corrected chi connectivity index (χ2v) is 5.08. The van der Waals surface area contributed by atoms with E-state index in [0.717, 1.165) is 12.1 Å². The molecule has 0 aliphatic rings. The van der Waals surface area contributed by atoms with E-state index in [-0.39, 0.29) is 12.0 Å². The smallest absolute Gasteiger partial charge is 0.337 e. The first-order valence-corrected chi connectivity index (χ1v) is 7.15. The Bertz CT molecular complexity index is 588. The summed E-state index contributed by atoms with van der Waals surface area (Å²) in [7, 11) is 1.39. The van der Waals surface area contributed by atoms with E-state index in [0.29, 0.717) is 5.56 Å². The molecule has 0 aromatic heterocycles. The lowest BCUT2D eigenvalue weighted by molar-refractivity contribution is 0.0601. The summed E-state index contributed by atoms with van der Waals surface area (Å²) in [6, 6.07) is 16.2. The number of hydrogen-bond acceptors (Lipinski definition) is 3. The second-order valence-electron chi connectivity index (χ2n) is 5.08. The van der Waals surface area contributed by atoms with Crippen molar-refractivity contribution in [1.29, 1.82) is 0 Å². The molecule has 0 heterocycles. The monoisotopic (exact) mass is 283 g/mol. The number of hydrogen-bond donors (Lipinski definition) is 1. The van der Waals surface area contributed by atoms with Crippen LogP contribution in [0, 0.1) is 6.92 Å². The molecule has 0 spiro atoms. The van der Waals surface area contributed by atoms with E-state index in [1.807, 2.05) is 12.1 Å². The number of carbonyl (C=O) groups is 1. The number of aryl methyl sites for hydroxylation is 1. The molecule has 0 amide bonds. The molecule has 0 fully saturated rings. The highest BCUT2D eigenvalue weighted by atomic mass is 16.5. The van der Waals surface area contributed by atoms with Gasteiger partial charge in [0.2, 0.25) is 0 Å². The first kappa shape index (κ1) is 15.1. The summed E-state index contributed by atoms with van der Waals surface area (Å²) in [6.45, 7) is 4.24. The van der Waals surface area contributed by atoms with Gasteiger partial charge in [-0.2, -0.15) is 0 Å². The predicted octanol–water partition coefficient (Wildman–Crippen LogP) is 4.34. The molecule has 1 N–H and O–H groups in total. The molecular weight excluding hydrogens is 262 g/mol. The molecule has 3 heteroatoms. The number of methoxy groups -OCH3 is 1. The van der Waals surface area contributed by atoms with Crippen LogP contribution in [-0.4, -0.2) is 13.1 Å². The van der Waals surface area contributed by atoms with Gasteiger partial charge in [-0.25, -0.2) is 4.79 Å². The molecule has 0 bridgehead atoms. The maximum atomic E-state index is 11.4. The topological polar surface area (TPSA) is 38.3 Å². The summed E-state index contributed by atoms with van der Waals surface area (Å²) in [4.78, 5) is 11.4. The molecule has 1 atom stereocenters. The highest BCUT2D eigenvalue weighted by molar-refractivity contribution is 5.89. The van der Waals surface area contributed by atoms with Crippen molar-refractivity contribution in [2.24, 2.45) is 0 Å². The molecule has 21 heavy (non-hydrogen) atoms. The van der Waals surface area contributed by atoms with E-state index < -0.39 is 0 Å². The van der Waals surface area contributed by atoms with Crippen molar-refractivity contribution >= 4 is 11.7 Å². The summed E-state index contributed by atoms with van der Waals surface area (Å²) >= 11 is 0. The Hall–Kier alpha value is -2.29. The average molecular weight is 283 g/mol. The fourth-order valence-electron chi connectivity index (χ4n) is 2.24. The van der Waals surface area contributed by atoms with E-state index in [4.69, 9.17) is 4.74 Å². The molecule has 0 aliphatic carbocycles. The van der Waals surface area contributed by atoms with Gasteiger partial charge in [0.25, 0.3) is 0 Å². The molecule has 0 saturated heterocycles. The van der Waals surface area contributed by atoms with Crippen LogP contribution in [-0.2, 0) is 4.74 Å². The maximum absolute atomic E-state index is 11.4. The fraction of sp³-hybridized carbons (Fsp3) is 0.278. The molecule has 2 aromatic carbocycles. The number of carbonyl (C=O) groups excluding carboxylic acids is 1.